The summed E-state index contributed by atoms with van der Waals surface area (Å²) < 4.78 is 5.29. The Bertz CT molecular complexity index is 526. The van der Waals surface area contributed by atoms with Gasteiger partial charge < -0.3 is 15.2 Å². The zero-order chi connectivity index (χ0) is 16.1. The van der Waals surface area contributed by atoms with Gasteiger partial charge in [0.15, 0.2) is 0 Å². The van der Waals surface area contributed by atoms with Crippen LogP contribution in [0.5, 0.6) is 0 Å². The molecule has 1 aliphatic rings. The van der Waals surface area contributed by atoms with Crippen LogP contribution in [0, 0.1) is 5.92 Å². The van der Waals surface area contributed by atoms with Gasteiger partial charge in [-0.25, -0.2) is 9.78 Å². The number of nitrogens with zero attached hydrogens (tertiary/aromatic N) is 2. The van der Waals surface area contributed by atoms with Gasteiger partial charge in [0.05, 0.1) is 19.8 Å². The molecule has 7 nitrogen and oxygen atoms in total. The number of thiazole rings is 1. The summed E-state index contributed by atoms with van der Waals surface area (Å²) in [6.45, 7) is 7.34. The van der Waals surface area contributed by atoms with Crippen LogP contribution in [0.3, 0.4) is 0 Å². The summed E-state index contributed by atoms with van der Waals surface area (Å²) in [7, 11) is 0. The van der Waals surface area contributed by atoms with Crippen LogP contribution in [0.25, 0.3) is 0 Å². The van der Waals surface area contributed by atoms with E-state index < -0.39 is 17.9 Å². The number of carboxylic acid groups (broad SMARTS) is 1. The van der Waals surface area contributed by atoms with Gasteiger partial charge in [-0.2, -0.15) is 0 Å². The third-order valence-electron chi connectivity index (χ3n) is 3.47. The predicted octanol–water partition coefficient (Wildman–Crippen LogP) is 0.814. The Balaban J connectivity index is 1.94. The zero-order valence-corrected chi connectivity index (χ0v) is 13.6. The molecule has 1 aromatic heterocycles. The Hall–Kier alpha value is -1.51. The Labute approximate surface area is 133 Å². The van der Waals surface area contributed by atoms with Crippen LogP contribution in [0.4, 0.5) is 0 Å². The molecule has 22 heavy (non-hydrogen) atoms. The van der Waals surface area contributed by atoms with Gasteiger partial charge in [0, 0.05) is 18.5 Å². The first-order chi connectivity index (χ1) is 10.5. The Kier molecular flexibility index (Phi) is 5.87. The van der Waals surface area contributed by atoms with E-state index in [4.69, 9.17) is 9.84 Å². The van der Waals surface area contributed by atoms with Crippen molar-refractivity contribution in [2.24, 2.45) is 5.92 Å². The lowest BCUT2D eigenvalue weighted by molar-refractivity contribution is -0.140. The first-order valence-corrected chi connectivity index (χ1v) is 8.13. The molecule has 2 heterocycles. The van der Waals surface area contributed by atoms with E-state index in [2.05, 4.69) is 15.2 Å². The average Bonchev–Trinajstić information content (AvgIpc) is 2.93. The van der Waals surface area contributed by atoms with Crippen molar-refractivity contribution in [1.29, 1.82) is 0 Å². The van der Waals surface area contributed by atoms with Crippen LogP contribution < -0.4 is 5.32 Å². The summed E-state index contributed by atoms with van der Waals surface area (Å²) in [5.41, 5.74) is 0.278. The van der Waals surface area contributed by atoms with Gasteiger partial charge >= 0.3 is 5.97 Å². The van der Waals surface area contributed by atoms with E-state index in [1.165, 1.54) is 11.3 Å². The van der Waals surface area contributed by atoms with Gasteiger partial charge in [-0.3, -0.25) is 9.69 Å². The molecule has 0 bridgehead atoms. The molecule has 2 N–H and O–H groups in total. The van der Waals surface area contributed by atoms with Gasteiger partial charge in [-0.15, -0.1) is 11.3 Å². The third-order valence-corrected chi connectivity index (χ3v) is 4.30. The number of carbonyl (C=O) groups excluding carboxylic acids is 1. The maximum atomic E-state index is 12.1. The first-order valence-electron chi connectivity index (χ1n) is 7.25. The summed E-state index contributed by atoms with van der Waals surface area (Å²) in [5.74, 6) is -1.66. The van der Waals surface area contributed by atoms with Gasteiger partial charge in [0.1, 0.15) is 16.7 Å². The van der Waals surface area contributed by atoms with E-state index in [-0.39, 0.29) is 11.6 Å². The van der Waals surface area contributed by atoms with Crippen molar-refractivity contribution >= 4 is 23.2 Å². The topological polar surface area (TPSA) is 91.8 Å². The molecule has 0 aliphatic carbocycles. The number of nitrogens with one attached hydrogen (secondary N) is 1. The fourth-order valence-corrected chi connectivity index (χ4v) is 2.98. The monoisotopic (exact) mass is 327 g/mol. The number of ether oxygens (including phenoxy) is 1. The number of amides is 1. The molecule has 1 aliphatic heterocycles. The number of rotatable bonds is 6. The predicted molar refractivity (Wildman–Crippen MR) is 81.9 cm³/mol. The van der Waals surface area contributed by atoms with Crippen LogP contribution in [0.1, 0.15) is 29.3 Å². The van der Waals surface area contributed by atoms with E-state index in [9.17, 15) is 9.59 Å². The molecular formula is C14H21N3O4S. The number of hydrogen-bond donors (Lipinski definition) is 2. The highest BCUT2D eigenvalue weighted by molar-refractivity contribution is 7.09. The molecule has 2 rings (SSSR count). The lowest BCUT2D eigenvalue weighted by Gasteiger charge is -2.25. The molecule has 1 saturated heterocycles. The summed E-state index contributed by atoms with van der Waals surface area (Å²) in [6, 6.07) is -0.906. The first kappa shape index (κ1) is 16.9. The smallest absolute Gasteiger partial charge is 0.326 e. The van der Waals surface area contributed by atoms with Crippen LogP contribution in [-0.2, 0) is 16.1 Å². The van der Waals surface area contributed by atoms with Crippen LogP contribution >= 0.6 is 11.3 Å². The highest BCUT2D eigenvalue weighted by Crippen LogP contribution is 2.14. The van der Waals surface area contributed by atoms with E-state index in [0.29, 0.717) is 19.8 Å². The second-order valence-electron chi connectivity index (χ2n) is 5.55. The van der Waals surface area contributed by atoms with Gasteiger partial charge in [0.25, 0.3) is 5.91 Å². The number of carboxylic acids is 1. The van der Waals surface area contributed by atoms with Crippen molar-refractivity contribution in [2.45, 2.75) is 26.4 Å². The molecule has 0 saturated carbocycles. The number of hydrogen-bond acceptors (Lipinski definition) is 6. The van der Waals surface area contributed by atoms with Crippen molar-refractivity contribution in [3.8, 4) is 0 Å². The quantitative estimate of drug-likeness (QED) is 0.803. The van der Waals surface area contributed by atoms with Gasteiger partial charge in [-0.05, 0) is 5.92 Å². The standard InChI is InChI=1S/C14H21N3O4S/c1-9(2)12(14(19)20)16-13(18)10-8-22-11(15-10)7-17-3-5-21-6-4-17/h8-9,12H,3-7H2,1-2H3,(H,16,18)(H,19,20). The lowest BCUT2D eigenvalue weighted by Crippen LogP contribution is -2.44. The minimum absolute atomic E-state index is 0.187. The van der Waals surface area contributed by atoms with E-state index in [1.54, 1.807) is 19.2 Å². The number of aliphatic carboxylic acids is 1. The van der Waals surface area contributed by atoms with Crippen LogP contribution in [0.15, 0.2) is 5.38 Å². The molecule has 1 amide bonds. The normalized spacial score (nSPS) is 17.4. The summed E-state index contributed by atoms with van der Waals surface area (Å²) in [6.07, 6.45) is 0. The molecule has 0 aromatic carbocycles. The molecule has 122 valence electrons. The highest BCUT2D eigenvalue weighted by atomic mass is 32.1. The SMILES string of the molecule is CC(C)C(NC(=O)c1csc(CN2CCOCC2)n1)C(=O)O. The lowest BCUT2D eigenvalue weighted by atomic mass is 10.0. The van der Waals surface area contributed by atoms with Crippen LogP contribution in [0.2, 0.25) is 0 Å². The zero-order valence-electron chi connectivity index (χ0n) is 12.7. The van der Waals surface area contributed by atoms with Crippen molar-refractivity contribution in [2.75, 3.05) is 26.3 Å². The largest absolute Gasteiger partial charge is 0.480 e. The fraction of sp³-hybridized carbons (Fsp3) is 0.643. The molecule has 0 radical (unpaired) electrons. The Morgan fingerprint density at radius 2 is 2.14 bits per heavy atom. The number of aromatic nitrogens is 1. The van der Waals surface area contributed by atoms with Gasteiger partial charge in [0.2, 0.25) is 0 Å². The maximum absolute atomic E-state index is 12.1. The third kappa shape index (κ3) is 4.49. The fourth-order valence-electron chi connectivity index (χ4n) is 2.17. The second kappa shape index (κ2) is 7.66. The van der Waals surface area contributed by atoms with Crippen molar-refractivity contribution in [3.63, 3.8) is 0 Å². The second-order valence-corrected chi connectivity index (χ2v) is 6.49. The molecule has 1 atom stereocenters. The number of morpholine rings is 1. The molecule has 8 heteroatoms. The van der Waals surface area contributed by atoms with E-state index >= 15 is 0 Å². The van der Waals surface area contributed by atoms with Crippen molar-refractivity contribution in [3.05, 3.63) is 16.1 Å². The summed E-state index contributed by atoms with van der Waals surface area (Å²) in [5, 5.41) is 14.2. The molecule has 1 aromatic rings. The van der Waals surface area contributed by atoms with E-state index in [1.807, 2.05) is 0 Å². The minimum Gasteiger partial charge on any atom is -0.480 e. The number of carbonyl (C=O) groups is 2. The Morgan fingerprint density at radius 1 is 1.45 bits per heavy atom. The average molecular weight is 327 g/mol. The van der Waals surface area contributed by atoms with Crippen molar-refractivity contribution in [1.82, 2.24) is 15.2 Å². The molecular weight excluding hydrogens is 306 g/mol. The molecule has 0 spiro atoms. The van der Waals surface area contributed by atoms with Gasteiger partial charge in [-0.1, -0.05) is 13.8 Å². The molecule has 1 fully saturated rings. The van der Waals surface area contributed by atoms with E-state index in [0.717, 1.165) is 18.1 Å². The Morgan fingerprint density at radius 3 is 2.73 bits per heavy atom. The summed E-state index contributed by atoms with van der Waals surface area (Å²) >= 11 is 1.41. The van der Waals surface area contributed by atoms with Crippen LogP contribution in [-0.4, -0.2) is 59.2 Å². The van der Waals surface area contributed by atoms with Crippen molar-refractivity contribution < 1.29 is 19.4 Å². The molecule has 1 unspecified atom stereocenters. The summed E-state index contributed by atoms with van der Waals surface area (Å²) in [4.78, 5) is 29.8. The minimum atomic E-state index is -1.04. The highest BCUT2D eigenvalue weighted by Gasteiger charge is 2.25. The maximum Gasteiger partial charge on any atom is 0.326 e.